The number of carbonyl (C=O) groups is 1. The number of aryl methyl sites for hydroxylation is 2. The van der Waals surface area contributed by atoms with Crippen molar-refractivity contribution in [2.75, 3.05) is 25.0 Å². The van der Waals surface area contributed by atoms with Crippen molar-refractivity contribution in [2.45, 2.75) is 51.7 Å². The summed E-state index contributed by atoms with van der Waals surface area (Å²) in [5.74, 6) is 1.93. The number of nitrogens with zero attached hydrogens (tertiary/aromatic N) is 3. The number of anilines is 1. The number of piperidine rings is 1. The molecule has 2 aromatic carbocycles. The van der Waals surface area contributed by atoms with Crippen molar-refractivity contribution in [1.29, 1.82) is 0 Å². The number of para-hydroxylation sites is 2. The summed E-state index contributed by atoms with van der Waals surface area (Å²) in [5, 5.41) is 2.98. The Morgan fingerprint density at radius 2 is 1.81 bits per heavy atom. The molecule has 36 heavy (non-hydrogen) atoms. The Morgan fingerprint density at radius 3 is 2.72 bits per heavy atom. The maximum Gasteiger partial charge on any atom is 0.293 e. The minimum Gasteiger partial charge on any atom is -0.486 e. The second kappa shape index (κ2) is 10.2. The number of carbonyl (C=O) groups excluding carboxylic acids is 1. The Hall–Kier alpha value is -3.58. The quantitative estimate of drug-likeness (QED) is 0.361. The van der Waals surface area contributed by atoms with Crippen LogP contribution in [0, 0.1) is 0 Å². The third kappa shape index (κ3) is 4.88. The van der Waals surface area contributed by atoms with Gasteiger partial charge in [-0.2, -0.15) is 0 Å². The summed E-state index contributed by atoms with van der Waals surface area (Å²) in [4.78, 5) is 20.2. The van der Waals surface area contributed by atoms with E-state index in [-0.39, 0.29) is 18.3 Å². The van der Waals surface area contributed by atoms with Gasteiger partial charge in [0.25, 0.3) is 5.91 Å². The van der Waals surface area contributed by atoms with E-state index in [0.717, 1.165) is 55.8 Å². The van der Waals surface area contributed by atoms with E-state index in [9.17, 15) is 4.79 Å². The van der Waals surface area contributed by atoms with E-state index < -0.39 is 0 Å². The summed E-state index contributed by atoms with van der Waals surface area (Å²) in [6.07, 6.45) is 7.30. The van der Waals surface area contributed by atoms with Crippen molar-refractivity contribution < 1.29 is 13.9 Å². The second-order valence-corrected chi connectivity index (χ2v) is 9.77. The van der Waals surface area contributed by atoms with Crippen LogP contribution in [0.3, 0.4) is 0 Å². The van der Waals surface area contributed by atoms with Crippen LogP contribution in [-0.4, -0.2) is 40.0 Å². The Morgan fingerprint density at radius 1 is 0.944 bits per heavy atom. The molecule has 0 unspecified atom stereocenters. The number of hydrogen-bond donors (Lipinski definition) is 1. The maximum absolute atomic E-state index is 13.1. The molecule has 3 heterocycles. The first-order valence-corrected chi connectivity index (χ1v) is 13.1. The van der Waals surface area contributed by atoms with Crippen LogP contribution in [0.15, 0.2) is 59.0 Å². The molecular formula is C29H32N4O3. The van der Waals surface area contributed by atoms with Gasteiger partial charge in [-0.1, -0.05) is 24.6 Å². The molecular weight excluding hydrogens is 452 g/mol. The fourth-order valence-corrected chi connectivity index (χ4v) is 5.35. The molecule has 6 rings (SSSR count). The van der Waals surface area contributed by atoms with Crippen molar-refractivity contribution in [1.82, 2.24) is 14.5 Å². The number of fused-ring (bicyclic) bond motifs is 2. The van der Waals surface area contributed by atoms with E-state index in [2.05, 4.69) is 33.0 Å². The van der Waals surface area contributed by atoms with Crippen molar-refractivity contribution in [3.63, 3.8) is 0 Å². The predicted octanol–water partition coefficient (Wildman–Crippen LogP) is 5.44. The Kier molecular flexibility index (Phi) is 6.47. The second-order valence-electron chi connectivity index (χ2n) is 9.77. The highest BCUT2D eigenvalue weighted by atomic mass is 16.5. The number of furan rings is 1. The topological polar surface area (TPSA) is 72.5 Å². The molecule has 1 amide bonds. The van der Waals surface area contributed by atoms with Crippen LogP contribution in [0.1, 0.15) is 53.1 Å². The molecule has 0 radical (unpaired) electrons. The fourth-order valence-electron chi connectivity index (χ4n) is 5.35. The molecule has 2 aliphatic rings. The van der Waals surface area contributed by atoms with Crippen LogP contribution >= 0.6 is 0 Å². The van der Waals surface area contributed by atoms with E-state index in [4.69, 9.17) is 14.1 Å². The van der Waals surface area contributed by atoms with Gasteiger partial charge < -0.3 is 18.6 Å². The number of likely N-dealkylation sites (tertiary alicyclic amines) is 1. The molecule has 7 nitrogen and oxygen atoms in total. The molecule has 0 saturated carbocycles. The van der Waals surface area contributed by atoms with Gasteiger partial charge in [-0.25, -0.2) is 4.98 Å². The van der Waals surface area contributed by atoms with E-state index in [1.165, 1.54) is 36.8 Å². The summed E-state index contributed by atoms with van der Waals surface area (Å²) in [6.45, 7) is 4.26. The lowest BCUT2D eigenvalue weighted by atomic mass is 10.1. The zero-order chi connectivity index (χ0) is 24.3. The van der Waals surface area contributed by atoms with Crippen LogP contribution in [0.25, 0.3) is 11.0 Å². The smallest absolute Gasteiger partial charge is 0.293 e. The summed E-state index contributed by atoms with van der Waals surface area (Å²) in [7, 11) is 0. The first-order valence-electron chi connectivity index (χ1n) is 13.1. The average Bonchev–Trinajstić information content (AvgIpc) is 3.65. The molecule has 1 N–H and O–H groups in total. The molecule has 7 heteroatoms. The van der Waals surface area contributed by atoms with Gasteiger partial charge in [0, 0.05) is 13.1 Å². The van der Waals surface area contributed by atoms with Crippen molar-refractivity contribution in [3.05, 3.63) is 77.2 Å². The van der Waals surface area contributed by atoms with Crippen molar-refractivity contribution >= 4 is 22.9 Å². The molecule has 0 atom stereocenters. The third-order valence-electron chi connectivity index (χ3n) is 7.30. The largest absolute Gasteiger partial charge is 0.486 e. The average molecular weight is 485 g/mol. The van der Waals surface area contributed by atoms with Crippen LogP contribution in [0.2, 0.25) is 0 Å². The van der Waals surface area contributed by atoms with Gasteiger partial charge in [0.05, 0.1) is 11.0 Å². The van der Waals surface area contributed by atoms with Crippen LogP contribution in [0.4, 0.5) is 5.95 Å². The van der Waals surface area contributed by atoms with Crippen LogP contribution in [0.5, 0.6) is 5.75 Å². The number of amides is 1. The molecule has 2 aromatic heterocycles. The summed E-state index contributed by atoms with van der Waals surface area (Å²) >= 11 is 0. The van der Waals surface area contributed by atoms with E-state index in [1.54, 1.807) is 12.1 Å². The standard InChI is InChI=1S/C29H32N4O3/c34-28(27-14-13-24(36-27)20-35-23-12-11-21-7-6-8-22(21)19-23)31-29-30-25-9-2-3-10-26(25)33(29)18-17-32-15-4-1-5-16-32/h2-3,9-14,19H,1,4-8,15-18,20H2,(H,30,31,34). The fraction of sp³-hybridized carbons (Fsp3) is 0.379. The normalized spacial score (nSPS) is 15.8. The zero-order valence-electron chi connectivity index (χ0n) is 20.5. The molecule has 1 aliphatic carbocycles. The minimum absolute atomic E-state index is 0.247. The van der Waals surface area contributed by atoms with Gasteiger partial charge in [-0.3, -0.25) is 10.1 Å². The summed E-state index contributed by atoms with van der Waals surface area (Å²) in [6, 6.07) is 17.8. The zero-order valence-corrected chi connectivity index (χ0v) is 20.5. The monoisotopic (exact) mass is 484 g/mol. The lowest BCUT2D eigenvalue weighted by molar-refractivity contribution is 0.0991. The van der Waals surface area contributed by atoms with Crippen LogP contribution < -0.4 is 10.1 Å². The minimum atomic E-state index is -0.312. The maximum atomic E-state index is 13.1. The highest BCUT2D eigenvalue weighted by molar-refractivity contribution is 6.02. The lowest BCUT2D eigenvalue weighted by Gasteiger charge is -2.26. The first kappa shape index (κ1) is 22.9. The molecule has 0 spiro atoms. The predicted molar refractivity (Wildman–Crippen MR) is 139 cm³/mol. The van der Waals surface area contributed by atoms with E-state index in [1.807, 2.05) is 24.3 Å². The van der Waals surface area contributed by atoms with Gasteiger partial charge >= 0.3 is 0 Å². The molecule has 4 aromatic rings. The number of imidazole rings is 1. The van der Waals surface area contributed by atoms with E-state index >= 15 is 0 Å². The van der Waals surface area contributed by atoms with Gasteiger partial charge in [-0.05, 0) is 92.7 Å². The van der Waals surface area contributed by atoms with Crippen LogP contribution in [-0.2, 0) is 26.0 Å². The number of ether oxygens (including phenoxy) is 1. The number of hydrogen-bond acceptors (Lipinski definition) is 5. The first-order chi connectivity index (χ1) is 17.7. The molecule has 0 bridgehead atoms. The Labute approximate surface area is 211 Å². The number of nitrogens with one attached hydrogen (secondary N) is 1. The Bertz CT molecular complexity index is 1370. The highest BCUT2D eigenvalue weighted by Gasteiger charge is 2.19. The van der Waals surface area contributed by atoms with Gasteiger partial charge in [0.15, 0.2) is 5.76 Å². The highest BCUT2D eigenvalue weighted by Crippen LogP contribution is 2.27. The van der Waals surface area contributed by atoms with E-state index in [0.29, 0.717) is 11.7 Å². The SMILES string of the molecule is O=C(Nc1nc2ccccc2n1CCN1CCCCC1)c1ccc(COc2ccc3c(c2)CCC3)o1. The number of aromatic nitrogens is 2. The lowest BCUT2D eigenvalue weighted by Crippen LogP contribution is -2.32. The Balaban J connectivity index is 1.13. The van der Waals surface area contributed by atoms with Gasteiger partial charge in [0.2, 0.25) is 5.95 Å². The molecule has 1 fully saturated rings. The van der Waals surface area contributed by atoms with Crippen molar-refractivity contribution in [3.8, 4) is 5.75 Å². The molecule has 186 valence electrons. The number of rotatable bonds is 8. The van der Waals surface area contributed by atoms with Gasteiger partial charge in [-0.15, -0.1) is 0 Å². The van der Waals surface area contributed by atoms with Gasteiger partial charge in [0.1, 0.15) is 18.1 Å². The third-order valence-corrected chi connectivity index (χ3v) is 7.30. The molecule has 1 saturated heterocycles. The van der Waals surface area contributed by atoms with Crippen molar-refractivity contribution in [2.24, 2.45) is 0 Å². The molecule has 1 aliphatic heterocycles. The summed E-state index contributed by atoms with van der Waals surface area (Å²) in [5.41, 5.74) is 4.68. The number of benzene rings is 2. The summed E-state index contributed by atoms with van der Waals surface area (Å²) < 4.78 is 13.8.